The smallest absolute Gasteiger partial charge is 0.338 e. The summed E-state index contributed by atoms with van der Waals surface area (Å²) in [5.74, 6) is -4.41. The van der Waals surface area contributed by atoms with E-state index >= 15 is 9.59 Å². The van der Waals surface area contributed by atoms with Crippen LogP contribution in [0.2, 0.25) is 0 Å². The minimum absolute atomic E-state index is 0.0449. The number of methoxy groups -OCH3 is 7. The first kappa shape index (κ1) is 90.0. The summed E-state index contributed by atoms with van der Waals surface area (Å²) in [5, 5.41) is 4.00. The van der Waals surface area contributed by atoms with Crippen molar-refractivity contribution >= 4 is 29.8 Å². The molecule has 0 aromatic heterocycles. The molecule has 5 heterocycles. The van der Waals surface area contributed by atoms with E-state index in [0.717, 1.165) is 30.5 Å². The van der Waals surface area contributed by atoms with Crippen molar-refractivity contribution in [3.63, 3.8) is 0 Å². The number of carbonyl (C=O) groups excluding carboxylic acids is 5. The number of hydrogen-bond acceptors (Lipinski definition) is 31. The van der Waals surface area contributed by atoms with Crippen LogP contribution in [0.4, 0.5) is 0 Å². The van der Waals surface area contributed by atoms with Gasteiger partial charge < -0.3 is 118 Å². The predicted octanol–water partition coefficient (Wildman–Crippen LogP) is 8.08. The number of esters is 5. The van der Waals surface area contributed by atoms with Crippen molar-refractivity contribution < 1.29 is 142 Å². The summed E-state index contributed by atoms with van der Waals surface area (Å²) in [6.45, 7) is 1.78. The van der Waals surface area contributed by atoms with E-state index in [1.165, 1.54) is 56.7 Å². The number of nitrogens with zero attached hydrogens (tertiary/aromatic N) is 3. The van der Waals surface area contributed by atoms with E-state index in [1.807, 2.05) is 97.1 Å². The molecule has 5 aliphatic rings. The average molecular weight is 1650 g/mol. The molecule has 0 N–H and O–H groups in total. The lowest BCUT2D eigenvalue weighted by molar-refractivity contribution is -0.394. The Kier molecular flexibility index (Phi) is 34.7. The van der Waals surface area contributed by atoms with Crippen molar-refractivity contribution in [2.24, 2.45) is 5.11 Å². The third-order valence-electron chi connectivity index (χ3n) is 20.4. The predicted molar refractivity (Wildman–Crippen MR) is 410 cm³/mol. The van der Waals surface area contributed by atoms with Crippen LogP contribution in [0.15, 0.2) is 187 Å². The Hall–Kier alpha value is -8.82. The molecule has 0 aliphatic carbocycles. The molecule has 0 spiro atoms. The van der Waals surface area contributed by atoms with Crippen molar-refractivity contribution in [2.45, 2.75) is 214 Å². The standard InChI is InChI=1S/C85H103N3O30/c1-50(89)102-48-60-63(94-4)66(95-5)62(87-88-86)81(110-60)115-71-67(96-6)75(98-8)84(117-73(71)79(92)107-45-57-37-25-15-26-38-57)114-65-61(49-103-51(2)90)112-85(78(70(65)109-52(3)91)106-44-56-35-23-14-24-36-56)116-72-68(97-7)76(99-9)83(118-74(72)80(93)108-46-58-39-27-16-28-40-58)113-64-59(47-101-41-53-29-17-11-18-30-53)111-82(100-10)77(105-43-55-33-21-13-22-34-55)69(64)104-42-54-31-19-12-20-32-54/h11-40,59-78,81-85H,41-49H2,1-10H3/t59?,60?,61-,62?,63+,64+,65+,66+,67-,68?,69-,70?,71-,72-,73?,74+,75?,76?,77?,78?,81-,82-,83-,84+,85+/m0/s1. The zero-order chi connectivity index (χ0) is 83.5. The second-order valence-electron chi connectivity index (χ2n) is 28.2. The van der Waals surface area contributed by atoms with Gasteiger partial charge in [0.2, 0.25) is 0 Å². The Balaban J connectivity index is 0.980. The van der Waals surface area contributed by atoms with Crippen LogP contribution in [0, 0.1) is 0 Å². The summed E-state index contributed by atoms with van der Waals surface area (Å²) in [6.07, 6.45) is -35.1. The van der Waals surface area contributed by atoms with Gasteiger partial charge in [-0.2, -0.15) is 0 Å². The molecule has 5 fully saturated rings. The van der Waals surface area contributed by atoms with Crippen molar-refractivity contribution in [1.82, 2.24) is 0 Å². The van der Waals surface area contributed by atoms with Gasteiger partial charge in [-0.3, -0.25) is 14.4 Å². The van der Waals surface area contributed by atoms with Crippen molar-refractivity contribution in [3.8, 4) is 0 Å². The molecule has 0 amide bonds. The number of benzene rings is 6. The van der Waals surface area contributed by atoms with Gasteiger partial charge >= 0.3 is 29.8 Å². The molecule has 10 unspecified atom stereocenters. The average Bonchev–Trinajstić information content (AvgIpc) is 0.756. The second kappa shape index (κ2) is 45.5. The highest BCUT2D eigenvalue weighted by molar-refractivity contribution is 5.76. The van der Waals surface area contributed by atoms with Crippen LogP contribution < -0.4 is 0 Å². The lowest BCUT2D eigenvalue weighted by atomic mass is 9.94. The van der Waals surface area contributed by atoms with Gasteiger partial charge in [0.25, 0.3) is 0 Å². The van der Waals surface area contributed by atoms with Gasteiger partial charge in [0.05, 0.1) is 39.1 Å². The van der Waals surface area contributed by atoms with E-state index in [9.17, 15) is 19.9 Å². The lowest BCUT2D eigenvalue weighted by Gasteiger charge is -2.51. The van der Waals surface area contributed by atoms with Gasteiger partial charge in [0.1, 0.15) is 124 Å². The molecule has 0 bridgehead atoms. The zero-order valence-corrected chi connectivity index (χ0v) is 67.2. The molecule has 5 saturated heterocycles. The number of carbonyl (C=O) groups is 5. The first-order valence-electron chi connectivity index (χ1n) is 38.5. The first-order valence-corrected chi connectivity index (χ1v) is 38.5. The quantitative estimate of drug-likeness (QED) is 0.0115. The van der Waals surface area contributed by atoms with Gasteiger partial charge in [-0.25, -0.2) is 9.59 Å². The molecular weight excluding hydrogens is 1540 g/mol. The summed E-state index contributed by atoms with van der Waals surface area (Å²) in [5.41, 5.74) is 14.3. The molecule has 5 aliphatic heterocycles. The van der Waals surface area contributed by atoms with Crippen LogP contribution in [0.25, 0.3) is 10.4 Å². The van der Waals surface area contributed by atoms with Crippen LogP contribution in [-0.4, -0.2) is 253 Å². The normalized spacial score (nSPS) is 30.8. The summed E-state index contributed by atoms with van der Waals surface area (Å²) < 4.78 is 162. The largest absolute Gasteiger partial charge is 0.463 e. The maximum absolute atomic E-state index is 15.6. The summed E-state index contributed by atoms with van der Waals surface area (Å²) in [7, 11) is 9.49. The Morgan fingerprint density at radius 2 is 0.644 bits per heavy atom. The van der Waals surface area contributed by atoms with Gasteiger partial charge in [0, 0.05) is 75.5 Å². The van der Waals surface area contributed by atoms with Gasteiger partial charge in [0.15, 0.2) is 49.8 Å². The molecular formula is C85H103N3O30. The van der Waals surface area contributed by atoms with E-state index in [0.29, 0.717) is 16.7 Å². The van der Waals surface area contributed by atoms with Crippen LogP contribution in [0.5, 0.6) is 0 Å². The molecule has 11 rings (SSSR count). The third kappa shape index (κ3) is 23.8. The maximum Gasteiger partial charge on any atom is 0.338 e. The molecule has 6 aromatic rings. The van der Waals surface area contributed by atoms with E-state index in [4.69, 9.17) is 118 Å². The number of ether oxygens (including phenoxy) is 25. The fourth-order valence-electron chi connectivity index (χ4n) is 14.8. The molecule has 0 radical (unpaired) electrons. The molecule has 33 nitrogen and oxygen atoms in total. The van der Waals surface area contributed by atoms with E-state index in [1.54, 1.807) is 84.9 Å². The molecule has 33 heteroatoms. The Bertz CT molecular complexity index is 4080. The van der Waals surface area contributed by atoms with E-state index in [-0.39, 0.29) is 52.9 Å². The second-order valence-corrected chi connectivity index (χ2v) is 28.2. The monoisotopic (exact) mass is 1650 g/mol. The number of rotatable bonds is 40. The number of azide groups is 1. The van der Waals surface area contributed by atoms with Crippen molar-refractivity contribution in [1.29, 1.82) is 0 Å². The van der Waals surface area contributed by atoms with Crippen LogP contribution >= 0.6 is 0 Å². The fraction of sp³-hybridized carbons (Fsp3) is 0.518. The van der Waals surface area contributed by atoms with Gasteiger partial charge in [-0.1, -0.05) is 187 Å². The molecule has 638 valence electrons. The van der Waals surface area contributed by atoms with Gasteiger partial charge in [-0.05, 0) is 38.9 Å². The highest BCUT2D eigenvalue weighted by Gasteiger charge is 2.62. The van der Waals surface area contributed by atoms with Crippen LogP contribution in [-0.2, 0) is 182 Å². The lowest BCUT2D eigenvalue weighted by Crippen LogP contribution is -2.69. The summed E-state index contributed by atoms with van der Waals surface area (Å²) in [4.78, 5) is 73.5. The first-order chi connectivity index (χ1) is 57.5. The highest BCUT2D eigenvalue weighted by Crippen LogP contribution is 2.42. The molecule has 6 aromatic carbocycles. The van der Waals surface area contributed by atoms with Crippen LogP contribution in [0.1, 0.15) is 54.2 Å². The Labute approximate surface area is 683 Å². The molecule has 25 atom stereocenters. The minimum atomic E-state index is -1.90. The van der Waals surface area contributed by atoms with Crippen LogP contribution in [0.3, 0.4) is 0 Å². The van der Waals surface area contributed by atoms with E-state index < -0.39 is 190 Å². The Morgan fingerprint density at radius 1 is 0.314 bits per heavy atom. The minimum Gasteiger partial charge on any atom is -0.463 e. The Morgan fingerprint density at radius 3 is 1.03 bits per heavy atom. The SMILES string of the molecule is COC1C(OC)[C@H](O[C@H]2O[C@@H](COC(C)=O)[C@@H](O[C@@H]3OC(C(=O)OCc4ccccc4)[C@@H](O[C@@H]4OC(COC(C)=O)[C@@H](OC)[C@H](OC)C4N=[N+]=[N-])[C@H](OC)C3OC)C(OC(C)=O)C2OCc2ccccc2)[C@H](C(=O)OCc2ccccc2)O[C@@H]1O[C@@H]1C(COCc2ccccc2)O[C@H](OC)C(OCc2ccccc2)[C@H]1OCc1ccccc1. The maximum atomic E-state index is 15.6. The van der Waals surface area contributed by atoms with Crippen molar-refractivity contribution in [3.05, 3.63) is 226 Å². The fourth-order valence-corrected chi connectivity index (χ4v) is 14.8. The summed E-state index contributed by atoms with van der Waals surface area (Å²) in [6, 6.07) is 53.7. The van der Waals surface area contributed by atoms with Gasteiger partial charge in [-0.15, -0.1) is 0 Å². The number of hydrogen-bond donors (Lipinski definition) is 0. The molecule has 118 heavy (non-hydrogen) atoms. The van der Waals surface area contributed by atoms with Crippen molar-refractivity contribution in [2.75, 3.05) is 69.6 Å². The highest BCUT2D eigenvalue weighted by atomic mass is 16.8. The zero-order valence-electron chi connectivity index (χ0n) is 67.2. The molecule has 0 saturated carbocycles. The topological polar surface area (TPSA) is 365 Å². The third-order valence-corrected chi connectivity index (χ3v) is 20.4. The summed E-state index contributed by atoms with van der Waals surface area (Å²) >= 11 is 0. The van der Waals surface area contributed by atoms with E-state index in [2.05, 4.69) is 10.0 Å².